The van der Waals surface area contributed by atoms with E-state index in [0.717, 1.165) is 24.8 Å². The zero-order chi connectivity index (χ0) is 19.6. The van der Waals surface area contributed by atoms with Gasteiger partial charge in [-0.25, -0.2) is 0 Å². The third-order valence-electron chi connectivity index (χ3n) is 5.57. The Balaban J connectivity index is 2.37. The fourth-order valence-electron chi connectivity index (χ4n) is 4.30. The lowest BCUT2D eigenvalue weighted by molar-refractivity contribution is 0.304. The molecule has 0 unspecified atom stereocenters. The number of hydrogen-bond donors (Lipinski definition) is 1. The minimum Gasteiger partial charge on any atom is -0.497 e. The summed E-state index contributed by atoms with van der Waals surface area (Å²) < 4.78 is 10.9. The average molecular weight is 360 g/mol. The molecule has 1 aromatic carbocycles. The van der Waals surface area contributed by atoms with Crippen LogP contribution in [0.5, 0.6) is 11.5 Å². The van der Waals surface area contributed by atoms with Gasteiger partial charge in [-0.3, -0.25) is 0 Å². The van der Waals surface area contributed by atoms with E-state index in [4.69, 9.17) is 15.2 Å². The summed E-state index contributed by atoms with van der Waals surface area (Å²) in [7, 11) is 3.11. The number of nitrogens with two attached hydrogens (primary N) is 1. The molecule has 2 atom stereocenters. The molecule has 0 spiro atoms. The summed E-state index contributed by atoms with van der Waals surface area (Å²) in [6.45, 7) is 0. The van der Waals surface area contributed by atoms with Gasteiger partial charge < -0.3 is 15.2 Å². The van der Waals surface area contributed by atoms with Gasteiger partial charge in [0, 0.05) is 11.5 Å². The van der Waals surface area contributed by atoms with Gasteiger partial charge in [0.25, 0.3) is 0 Å². The van der Waals surface area contributed by atoms with Crippen molar-refractivity contribution in [1.82, 2.24) is 0 Å². The molecule has 0 amide bonds. The molecule has 0 bridgehead atoms. The molecule has 2 aliphatic rings. The fourth-order valence-corrected chi connectivity index (χ4v) is 4.30. The maximum Gasteiger partial charge on any atom is 0.191 e. The van der Waals surface area contributed by atoms with Gasteiger partial charge in [-0.05, 0) is 49.0 Å². The highest BCUT2D eigenvalue weighted by atomic mass is 16.5. The summed E-state index contributed by atoms with van der Waals surface area (Å²) in [5.74, 6) is 0.446. The van der Waals surface area contributed by atoms with Crippen molar-refractivity contribution in [3.63, 3.8) is 0 Å². The van der Waals surface area contributed by atoms with E-state index in [2.05, 4.69) is 18.2 Å². The lowest BCUT2D eigenvalue weighted by Gasteiger charge is -2.43. The van der Waals surface area contributed by atoms with E-state index in [9.17, 15) is 15.8 Å². The molecule has 0 radical (unpaired) electrons. The number of rotatable bonds is 3. The van der Waals surface area contributed by atoms with Crippen molar-refractivity contribution in [3.8, 4) is 29.7 Å². The van der Waals surface area contributed by atoms with Crippen molar-refractivity contribution in [3.05, 3.63) is 46.7 Å². The predicted octanol–water partition coefficient (Wildman–Crippen LogP) is 3.30. The first-order valence-corrected chi connectivity index (χ1v) is 8.73. The molecular formula is C21H20N4O2. The Labute approximate surface area is 158 Å². The van der Waals surface area contributed by atoms with Crippen LogP contribution >= 0.6 is 0 Å². The van der Waals surface area contributed by atoms with Crippen LogP contribution in [0.15, 0.2) is 41.1 Å². The SMILES string of the molecule is COc1ccc(OC)c([C@H]2[C@@H]3CCCC=C3C(C#N)=C(N)C2(C#N)C#N)c1. The molecule has 0 aromatic heterocycles. The van der Waals surface area contributed by atoms with Crippen molar-refractivity contribution in [2.75, 3.05) is 14.2 Å². The Morgan fingerprint density at radius 2 is 1.89 bits per heavy atom. The molecule has 2 N–H and O–H groups in total. The number of fused-ring (bicyclic) bond motifs is 1. The van der Waals surface area contributed by atoms with Crippen LogP contribution in [0.3, 0.4) is 0 Å². The molecule has 0 saturated carbocycles. The molecule has 1 aromatic rings. The van der Waals surface area contributed by atoms with Crippen LogP contribution in [-0.4, -0.2) is 14.2 Å². The first-order valence-electron chi connectivity index (χ1n) is 8.73. The van der Waals surface area contributed by atoms with Crippen molar-refractivity contribution < 1.29 is 9.47 Å². The van der Waals surface area contributed by atoms with Gasteiger partial charge in [0.1, 0.15) is 17.6 Å². The Morgan fingerprint density at radius 1 is 1.15 bits per heavy atom. The molecule has 0 aliphatic heterocycles. The standard InChI is InChI=1S/C21H20N4O2/c1-26-13-7-8-18(27-2)16(9-13)19-15-6-4-3-5-14(15)17(10-22)20(25)21(19,11-23)12-24/h5,7-9,15,19H,3-4,6,25H2,1-2H3/t15-,19-/m1/s1. The Bertz CT molecular complexity index is 942. The zero-order valence-electron chi connectivity index (χ0n) is 15.3. The Kier molecular flexibility index (Phi) is 4.80. The number of benzene rings is 1. The molecule has 0 heterocycles. The maximum atomic E-state index is 10.0. The maximum absolute atomic E-state index is 10.0. The van der Waals surface area contributed by atoms with Gasteiger partial charge in [-0.1, -0.05) is 6.08 Å². The van der Waals surface area contributed by atoms with E-state index >= 15 is 0 Å². The first kappa shape index (κ1) is 18.4. The highest BCUT2D eigenvalue weighted by molar-refractivity contribution is 5.61. The van der Waals surface area contributed by atoms with Crippen LogP contribution in [0.1, 0.15) is 30.7 Å². The second-order valence-electron chi connectivity index (χ2n) is 6.71. The van der Waals surface area contributed by atoms with Gasteiger partial charge in [-0.2, -0.15) is 15.8 Å². The normalized spacial score (nSPS) is 23.1. The summed E-state index contributed by atoms with van der Waals surface area (Å²) in [4.78, 5) is 0. The molecule has 2 aliphatic carbocycles. The third-order valence-corrected chi connectivity index (χ3v) is 5.57. The first-order chi connectivity index (χ1) is 13.1. The highest BCUT2D eigenvalue weighted by Gasteiger charge is 2.54. The molecule has 0 saturated heterocycles. The number of ether oxygens (including phenoxy) is 2. The molecule has 6 heteroatoms. The van der Waals surface area contributed by atoms with Crippen molar-refractivity contribution >= 4 is 0 Å². The summed E-state index contributed by atoms with van der Waals surface area (Å²) in [5, 5.41) is 29.8. The van der Waals surface area contributed by atoms with Crippen LogP contribution in [0, 0.1) is 45.3 Å². The molecule has 136 valence electrons. The number of allylic oxidation sites excluding steroid dienone is 4. The average Bonchev–Trinajstić information content (AvgIpc) is 2.72. The second kappa shape index (κ2) is 7.06. The molecular weight excluding hydrogens is 340 g/mol. The Morgan fingerprint density at radius 3 is 2.48 bits per heavy atom. The highest BCUT2D eigenvalue weighted by Crippen LogP contribution is 2.57. The summed E-state index contributed by atoms with van der Waals surface area (Å²) in [6, 6.07) is 11.7. The summed E-state index contributed by atoms with van der Waals surface area (Å²) >= 11 is 0. The largest absolute Gasteiger partial charge is 0.497 e. The van der Waals surface area contributed by atoms with Gasteiger partial charge in [-0.15, -0.1) is 0 Å². The van der Waals surface area contributed by atoms with Gasteiger partial charge in [0.05, 0.1) is 37.6 Å². The Hall–Kier alpha value is -3.43. The van der Waals surface area contributed by atoms with Gasteiger partial charge in [0.15, 0.2) is 5.41 Å². The van der Waals surface area contributed by atoms with E-state index in [-0.39, 0.29) is 17.2 Å². The quantitative estimate of drug-likeness (QED) is 0.884. The lowest BCUT2D eigenvalue weighted by atomic mass is 9.56. The zero-order valence-corrected chi connectivity index (χ0v) is 15.3. The third kappa shape index (κ3) is 2.60. The number of nitrogens with zero attached hydrogens (tertiary/aromatic N) is 3. The van der Waals surface area contributed by atoms with Crippen molar-refractivity contribution in [2.24, 2.45) is 17.1 Å². The van der Waals surface area contributed by atoms with E-state index < -0.39 is 11.3 Å². The van der Waals surface area contributed by atoms with E-state index in [1.165, 1.54) is 0 Å². The molecule has 0 fully saturated rings. The van der Waals surface area contributed by atoms with Crippen LogP contribution < -0.4 is 15.2 Å². The van der Waals surface area contributed by atoms with Crippen LogP contribution in [0.4, 0.5) is 0 Å². The fraction of sp³-hybridized carbons (Fsp3) is 0.381. The molecule has 27 heavy (non-hydrogen) atoms. The number of nitriles is 3. The van der Waals surface area contributed by atoms with Gasteiger partial charge in [0.2, 0.25) is 0 Å². The minimum absolute atomic E-state index is 0.0225. The second-order valence-corrected chi connectivity index (χ2v) is 6.71. The van der Waals surface area contributed by atoms with Crippen LogP contribution in [-0.2, 0) is 0 Å². The predicted molar refractivity (Wildman–Crippen MR) is 98.2 cm³/mol. The minimum atomic E-state index is -1.65. The molecule has 3 rings (SSSR count). The topological polar surface area (TPSA) is 116 Å². The van der Waals surface area contributed by atoms with E-state index in [0.29, 0.717) is 17.1 Å². The van der Waals surface area contributed by atoms with Crippen molar-refractivity contribution in [2.45, 2.75) is 25.2 Å². The lowest BCUT2D eigenvalue weighted by Crippen LogP contribution is -2.42. The summed E-state index contributed by atoms with van der Waals surface area (Å²) in [6.07, 6.45) is 4.54. The van der Waals surface area contributed by atoms with Crippen LogP contribution in [0.2, 0.25) is 0 Å². The van der Waals surface area contributed by atoms with E-state index in [1.54, 1.807) is 32.4 Å². The monoisotopic (exact) mass is 360 g/mol. The van der Waals surface area contributed by atoms with Crippen LogP contribution in [0.25, 0.3) is 0 Å². The van der Waals surface area contributed by atoms with Gasteiger partial charge >= 0.3 is 0 Å². The number of methoxy groups -OCH3 is 2. The van der Waals surface area contributed by atoms with E-state index in [1.807, 2.05) is 6.08 Å². The number of hydrogen-bond acceptors (Lipinski definition) is 6. The smallest absolute Gasteiger partial charge is 0.191 e. The molecule has 6 nitrogen and oxygen atoms in total. The van der Waals surface area contributed by atoms with Crippen molar-refractivity contribution in [1.29, 1.82) is 15.8 Å². The summed E-state index contributed by atoms with van der Waals surface area (Å²) in [5.41, 5.74) is 6.45.